The number of amides is 1. The summed E-state index contributed by atoms with van der Waals surface area (Å²) in [7, 11) is 0. The molecule has 3 nitrogen and oxygen atoms in total. The average Bonchev–Trinajstić information content (AvgIpc) is 2.47. The fourth-order valence-electron chi connectivity index (χ4n) is 2.45. The van der Waals surface area contributed by atoms with Gasteiger partial charge in [-0.1, -0.05) is 19.9 Å². The van der Waals surface area contributed by atoms with E-state index in [1.54, 1.807) is 0 Å². The van der Waals surface area contributed by atoms with E-state index in [9.17, 15) is 9.18 Å². The van der Waals surface area contributed by atoms with Crippen molar-refractivity contribution < 1.29 is 13.9 Å². The number of hydrogen-bond donors (Lipinski definition) is 1. The summed E-state index contributed by atoms with van der Waals surface area (Å²) in [6.45, 7) is 8.26. The molecule has 122 valence electrons. The second-order valence-corrected chi connectivity index (χ2v) is 6.08. The second-order valence-electron chi connectivity index (χ2n) is 6.08. The van der Waals surface area contributed by atoms with Crippen molar-refractivity contribution in [1.29, 1.82) is 0 Å². The lowest BCUT2D eigenvalue weighted by atomic mass is 9.94. The van der Waals surface area contributed by atoms with E-state index in [1.165, 1.54) is 17.7 Å². The molecule has 0 aliphatic carbocycles. The molecule has 4 heteroatoms. The van der Waals surface area contributed by atoms with Gasteiger partial charge in [0.1, 0.15) is 18.2 Å². The molecule has 0 spiro atoms. The number of rotatable bonds is 5. The average molecular weight is 315 g/mol. The van der Waals surface area contributed by atoms with E-state index in [-0.39, 0.29) is 18.1 Å². The molecule has 2 rings (SSSR count). The SMILES string of the molecule is Cc1ccc(OCc2cc(F)c(C(N)=O)cc2C(C)C)cc1C. The zero-order valence-corrected chi connectivity index (χ0v) is 13.9. The highest BCUT2D eigenvalue weighted by molar-refractivity contribution is 5.93. The minimum Gasteiger partial charge on any atom is -0.489 e. The normalized spacial score (nSPS) is 10.9. The monoisotopic (exact) mass is 315 g/mol. The zero-order chi connectivity index (χ0) is 17.1. The van der Waals surface area contributed by atoms with Gasteiger partial charge in [0.15, 0.2) is 0 Å². The van der Waals surface area contributed by atoms with Gasteiger partial charge in [-0.25, -0.2) is 4.39 Å². The maximum Gasteiger partial charge on any atom is 0.251 e. The summed E-state index contributed by atoms with van der Waals surface area (Å²) in [5, 5.41) is 0. The van der Waals surface area contributed by atoms with Crippen LogP contribution >= 0.6 is 0 Å². The van der Waals surface area contributed by atoms with Crippen LogP contribution in [0.3, 0.4) is 0 Å². The lowest BCUT2D eigenvalue weighted by molar-refractivity contribution is 0.0996. The maximum absolute atomic E-state index is 14.0. The molecule has 0 unspecified atom stereocenters. The number of nitrogens with two attached hydrogens (primary N) is 1. The lowest BCUT2D eigenvalue weighted by Crippen LogP contribution is -2.15. The van der Waals surface area contributed by atoms with Crippen LogP contribution in [0.2, 0.25) is 0 Å². The first kappa shape index (κ1) is 17.0. The van der Waals surface area contributed by atoms with Crippen LogP contribution in [0, 0.1) is 19.7 Å². The Morgan fingerprint density at radius 2 is 1.87 bits per heavy atom. The fourth-order valence-corrected chi connectivity index (χ4v) is 2.45. The van der Waals surface area contributed by atoms with Crippen molar-refractivity contribution in [1.82, 2.24) is 0 Å². The van der Waals surface area contributed by atoms with Gasteiger partial charge in [-0.2, -0.15) is 0 Å². The van der Waals surface area contributed by atoms with E-state index in [2.05, 4.69) is 0 Å². The van der Waals surface area contributed by atoms with E-state index in [0.717, 1.165) is 22.4 Å². The van der Waals surface area contributed by atoms with Gasteiger partial charge >= 0.3 is 0 Å². The third kappa shape index (κ3) is 3.89. The predicted octanol–water partition coefficient (Wildman–Crippen LogP) is 4.24. The number of hydrogen-bond acceptors (Lipinski definition) is 2. The number of carbonyl (C=O) groups excluding carboxylic acids is 1. The van der Waals surface area contributed by atoms with Crippen LogP contribution in [-0.2, 0) is 6.61 Å². The molecule has 0 aromatic heterocycles. The molecular weight excluding hydrogens is 293 g/mol. The second kappa shape index (κ2) is 6.82. The van der Waals surface area contributed by atoms with Crippen molar-refractivity contribution in [2.24, 2.45) is 5.73 Å². The van der Waals surface area contributed by atoms with Gasteiger partial charge in [-0.3, -0.25) is 4.79 Å². The van der Waals surface area contributed by atoms with Gasteiger partial charge in [-0.15, -0.1) is 0 Å². The van der Waals surface area contributed by atoms with Crippen molar-refractivity contribution in [3.63, 3.8) is 0 Å². The minimum atomic E-state index is -0.758. The van der Waals surface area contributed by atoms with Crippen LogP contribution in [0.15, 0.2) is 30.3 Å². The summed E-state index contributed by atoms with van der Waals surface area (Å²) in [5.41, 5.74) is 9.06. The summed E-state index contributed by atoms with van der Waals surface area (Å²) < 4.78 is 19.8. The molecule has 0 heterocycles. The maximum atomic E-state index is 14.0. The summed E-state index contributed by atoms with van der Waals surface area (Å²) >= 11 is 0. The zero-order valence-electron chi connectivity index (χ0n) is 13.9. The molecule has 0 aliphatic heterocycles. The van der Waals surface area contributed by atoms with Crippen molar-refractivity contribution in [3.8, 4) is 5.75 Å². The Morgan fingerprint density at radius 1 is 1.17 bits per heavy atom. The Labute approximate surface area is 136 Å². The molecule has 0 bridgehead atoms. The quantitative estimate of drug-likeness (QED) is 0.897. The van der Waals surface area contributed by atoms with E-state index < -0.39 is 11.7 Å². The van der Waals surface area contributed by atoms with Gasteiger partial charge < -0.3 is 10.5 Å². The summed E-state index contributed by atoms with van der Waals surface area (Å²) in [4.78, 5) is 11.3. The largest absolute Gasteiger partial charge is 0.489 e. The van der Waals surface area contributed by atoms with Crippen molar-refractivity contribution in [3.05, 3.63) is 64.0 Å². The Morgan fingerprint density at radius 3 is 2.43 bits per heavy atom. The van der Waals surface area contributed by atoms with Crippen molar-refractivity contribution >= 4 is 5.91 Å². The fraction of sp³-hybridized carbons (Fsp3) is 0.316. The first-order valence-corrected chi connectivity index (χ1v) is 7.61. The van der Waals surface area contributed by atoms with Crippen LogP contribution < -0.4 is 10.5 Å². The highest BCUT2D eigenvalue weighted by Crippen LogP contribution is 2.25. The Kier molecular flexibility index (Phi) is 5.04. The molecule has 23 heavy (non-hydrogen) atoms. The molecular formula is C19H22FNO2. The van der Waals surface area contributed by atoms with Gasteiger partial charge in [-0.05, 0) is 66.3 Å². The van der Waals surface area contributed by atoms with Crippen molar-refractivity contribution in [2.45, 2.75) is 40.2 Å². The molecule has 0 saturated carbocycles. The summed E-state index contributed by atoms with van der Waals surface area (Å²) in [6.07, 6.45) is 0. The van der Waals surface area contributed by atoms with Crippen LogP contribution in [0.5, 0.6) is 5.75 Å². The predicted molar refractivity (Wildman–Crippen MR) is 89.3 cm³/mol. The highest BCUT2D eigenvalue weighted by Gasteiger charge is 2.16. The molecule has 0 fully saturated rings. The molecule has 1 amide bonds. The van der Waals surface area contributed by atoms with E-state index >= 15 is 0 Å². The standard InChI is InChI=1S/C19H22FNO2/c1-11(2)16-9-17(19(21)22)18(20)8-14(16)10-23-15-6-5-12(3)13(4)7-15/h5-9,11H,10H2,1-4H3,(H2,21,22). The number of carbonyl (C=O) groups is 1. The van der Waals surface area contributed by atoms with Gasteiger partial charge in [0.25, 0.3) is 5.91 Å². The topological polar surface area (TPSA) is 52.3 Å². The summed E-state index contributed by atoms with van der Waals surface area (Å²) in [5.74, 6) is -0.499. The van der Waals surface area contributed by atoms with Gasteiger partial charge in [0.2, 0.25) is 0 Å². The van der Waals surface area contributed by atoms with E-state index in [1.807, 2.05) is 45.9 Å². The first-order valence-electron chi connectivity index (χ1n) is 7.61. The molecule has 2 aromatic carbocycles. The Hall–Kier alpha value is -2.36. The third-order valence-corrected chi connectivity index (χ3v) is 3.99. The van der Waals surface area contributed by atoms with Crippen molar-refractivity contribution in [2.75, 3.05) is 0 Å². The van der Waals surface area contributed by atoms with E-state index in [0.29, 0.717) is 0 Å². The third-order valence-electron chi connectivity index (χ3n) is 3.99. The molecule has 0 atom stereocenters. The number of aryl methyl sites for hydroxylation is 2. The van der Waals surface area contributed by atoms with Crippen LogP contribution in [0.1, 0.15) is 52.4 Å². The molecule has 0 radical (unpaired) electrons. The van der Waals surface area contributed by atoms with E-state index in [4.69, 9.17) is 10.5 Å². The Balaban J connectivity index is 2.29. The Bertz CT molecular complexity index is 738. The molecule has 0 saturated heterocycles. The number of ether oxygens (including phenoxy) is 1. The molecule has 2 aromatic rings. The van der Waals surface area contributed by atoms with Gasteiger partial charge in [0, 0.05) is 0 Å². The number of primary amides is 1. The number of halogens is 1. The summed E-state index contributed by atoms with van der Waals surface area (Å²) in [6, 6.07) is 8.71. The van der Waals surface area contributed by atoms with Crippen LogP contribution in [0.4, 0.5) is 4.39 Å². The lowest BCUT2D eigenvalue weighted by Gasteiger charge is -2.16. The first-order chi connectivity index (χ1) is 10.8. The number of benzene rings is 2. The van der Waals surface area contributed by atoms with Crippen LogP contribution in [0.25, 0.3) is 0 Å². The molecule has 0 aliphatic rings. The minimum absolute atomic E-state index is 0.0800. The van der Waals surface area contributed by atoms with Crippen LogP contribution in [-0.4, -0.2) is 5.91 Å². The van der Waals surface area contributed by atoms with Gasteiger partial charge in [0.05, 0.1) is 5.56 Å². The molecule has 2 N–H and O–H groups in total. The highest BCUT2D eigenvalue weighted by atomic mass is 19.1. The smallest absolute Gasteiger partial charge is 0.251 e.